The van der Waals surface area contributed by atoms with Gasteiger partial charge < -0.3 is 10.4 Å². The van der Waals surface area contributed by atoms with Crippen molar-refractivity contribution in [3.8, 4) is 5.75 Å². The number of anilines is 1. The molecule has 29 heavy (non-hydrogen) atoms. The van der Waals surface area contributed by atoms with E-state index in [-0.39, 0.29) is 22.9 Å². The number of non-ortho nitro benzene ring substituents is 1. The van der Waals surface area contributed by atoms with Gasteiger partial charge in [0, 0.05) is 40.2 Å². The third-order valence-electron chi connectivity index (χ3n) is 4.09. The lowest BCUT2D eigenvalue weighted by atomic mass is 10.1. The molecule has 0 aliphatic rings. The van der Waals surface area contributed by atoms with Gasteiger partial charge in [0.15, 0.2) is 0 Å². The van der Waals surface area contributed by atoms with E-state index < -0.39 is 4.92 Å². The SMILES string of the molecule is Cc1cc([N+](=O)[O-])cc(C=Nc2ccc(NC(=O)c3cccc(Cl)c3)cc2)c1O. The van der Waals surface area contributed by atoms with Crippen molar-refractivity contribution < 1.29 is 14.8 Å². The molecule has 0 aliphatic heterocycles. The Morgan fingerprint density at radius 1 is 1.17 bits per heavy atom. The standard InChI is InChI=1S/C21H16ClN3O4/c1-13-9-19(25(28)29)11-15(20(13)26)12-23-17-5-7-18(8-6-17)24-21(27)14-3-2-4-16(22)10-14/h2-12,26H,1H3,(H,24,27). The van der Waals surface area contributed by atoms with Crippen LogP contribution in [-0.4, -0.2) is 22.2 Å². The fourth-order valence-electron chi connectivity index (χ4n) is 2.60. The van der Waals surface area contributed by atoms with Crippen LogP contribution in [0.3, 0.4) is 0 Å². The minimum atomic E-state index is -0.527. The number of carbonyl (C=O) groups excluding carboxylic acids is 1. The number of nitrogens with one attached hydrogen (secondary N) is 1. The van der Waals surface area contributed by atoms with Gasteiger partial charge in [0.1, 0.15) is 5.75 Å². The van der Waals surface area contributed by atoms with Crippen LogP contribution in [0.2, 0.25) is 5.02 Å². The molecule has 0 atom stereocenters. The highest BCUT2D eigenvalue weighted by molar-refractivity contribution is 6.31. The number of halogens is 1. The van der Waals surface area contributed by atoms with Gasteiger partial charge in [-0.05, 0) is 55.0 Å². The summed E-state index contributed by atoms with van der Waals surface area (Å²) in [5.74, 6) is -0.356. The van der Waals surface area contributed by atoms with E-state index in [1.807, 2.05) is 0 Å². The Balaban J connectivity index is 1.74. The van der Waals surface area contributed by atoms with Crippen LogP contribution in [0.4, 0.5) is 17.1 Å². The van der Waals surface area contributed by atoms with Crippen LogP contribution >= 0.6 is 11.6 Å². The highest BCUT2D eigenvalue weighted by Gasteiger charge is 2.12. The van der Waals surface area contributed by atoms with Gasteiger partial charge in [-0.15, -0.1) is 0 Å². The maximum Gasteiger partial charge on any atom is 0.270 e. The van der Waals surface area contributed by atoms with E-state index >= 15 is 0 Å². The molecule has 2 N–H and O–H groups in total. The van der Waals surface area contributed by atoms with Gasteiger partial charge in [-0.1, -0.05) is 17.7 Å². The number of nitro groups is 1. The number of aromatic hydroxyl groups is 1. The van der Waals surface area contributed by atoms with Gasteiger partial charge in [0.05, 0.1) is 10.6 Å². The normalized spacial score (nSPS) is 10.8. The summed E-state index contributed by atoms with van der Waals surface area (Å²) in [4.78, 5) is 26.9. The van der Waals surface area contributed by atoms with Crippen molar-refractivity contribution in [2.75, 3.05) is 5.32 Å². The van der Waals surface area contributed by atoms with Crippen molar-refractivity contribution in [3.05, 3.63) is 92.5 Å². The number of amides is 1. The fraction of sp³-hybridized carbons (Fsp3) is 0.0476. The van der Waals surface area contributed by atoms with Crippen LogP contribution in [0.1, 0.15) is 21.5 Å². The van der Waals surface area contributed by atoms with Crippen molar-refractivity contribution in [2.24, 2.45) is 4.99 Å². The second kappa shape index (κ2) is 8.53. The molecule has 0 heterocycles. The summed E-state index contributed by atoms with van der Waals surface area (Å²) in [5, 5.41) is 24.3. The largest absolute Gasteiger partial charge is 0.507 e. The molecule has 0 saturated carbocycles. The van der Waals surface area contributed by atoms with Gasteiger partial charge in [-0.25, -0.2) is 0 Å². The lowest BCUT2D eigenvalue weighted by molar-refractivity contribution is -0.384. The summed E-state index contributed by atoms with van der Waals surface area (Å²) < 4.78 is 0. The van der Waals surface area contributed by atoms with Gasteiger partial charge in [-0.3, -0.25) is 19.9 Å². The molecule has 1 amide bonds. The maximum absolute atomic E-state index is 12.2. The van der Waals surface area contributed by atoms with E-state index in [9.17, 15) is 20.0 Å². The first-order valence-electron chi connectivity index (χ1n) is 8.52. The van der Waals surface area contributed by atoms with Crippen LogP contribution in [0, 0.1) is 17.0 Å². The Morgan fingerprint density at radius 2 is 1.90 bits per heavy atom. The van der Waals surface area contributed by atoms with Crippen molar-refractivity contribution in [2.45, 2.75) is 6.92 Å². The molecular formula is C21H16ClN3O4. The van der Waals surface area contributed by atoms with E-state index in [1.54, 1.807) is 55.5 Å². The summed E-state index contributed by atoms with van der Waals surface area (Å²) in [5.41, 5.74) is 2.07. The molecule has 7 nitrogen and oxygen atoms in total. The summed E-state index contributed by atoms with van der Waals surface area (Å²) in [6.45, 7) is 1.58. The predicted molar refractivity (Wildman–Crippen MR) is 113 cm³/mol. The summed E-state index contributed by atoms with van der Waals surface area (Å²) in [6.07, 6.45) is 1.36. The van der Waals surface area contributed by atoms with Crippen molar-refractivity contribution in [1.29, 1.82) is 0 Å². The van der Waals surface area contributed by atoms with E-state index in [1.165, 1.54) is 18.3 Å². The molecular weight excluding hydrogens is 394 g/mol. The number of phenolic OH excluding ortho intramolecular Hbond substituents is 1. The number of benzene rings is 3. The third kappa shape index (κ3) is 4.97. The van der Waals surface area contributed by atoms with Crippen molar-refractivity contribution in [1.82, 2.24) is 0 Å². The van der Waals surface area contributed by atoms with Crippen LogP contribution in [-0.2, 0) is 0 Å². The van der Waals surface area contributed by atoms with Crippen LogP contribution in [0.15, 0.2) is 65.7 Å². The monoisotopic (exact) mass is 409 g/mol. The maximum atomic E-state index is 12.2. The number of aliphatic imine (C=N–C) groups is 1. The van der Waals surface area contributed by atoms with E-state index in [0.29, 0.717) is 27.5 Å². The molecule has 0 aliphatic carbocycles. The molecule has 0 bridgehead atoms. The first-order valence-corrected chi connectivity index (χ1v) is 8.90. The molecule has 0 spiro atoms. The topological polar surface area (TPSA) is 105 Å². The fourth-order valence-corrected chi connectivity index (χ4v) is 2.79. The molecule has 3 rings (SSSR count). The number of hydrogen-bond donors (Lipinski definition) is 2. The Bertz CT molecular complexity index is 1110. The molecule has 3 aromatic carbocycles. The number of aryl methyl sites for hydroxylation is 1. The quantitative estimate of drug-likeness (QED) is 0.340. The average molecular weight is 410 g/mol. The first-order chi connectivity index (χ1) is 13.8. The first kappa shape index (κ1) is 20.0. The van der Waals surface area contributed by atoms with E-state index in [0.717, 1.165) is 0 Å². The van der Waals surface area contributed by atoms with E-state index in [2.05, 4.69) is 10.3 Å². The van der Waals surface area contributed by atoms with Crippen LogP contribution in [0.5, 0.6) is 5.75 Å². The Kier molecular flexibility index (Phi) is 5.90. The Morgan fingerprint density at radius 3 is 2.55 bits per heavy atom. The van der Waals surface area contributed by atoms with Crippen LogP contribution < -0.4 is 5.32 Å². The average Bonchev–Trinajstić information content (AvgIpc) is 2.70. The second-order valence-corrected chi connectivity index (χ2v) is 6.66. The molecule has 0 saturated heterocycles. The lowest BCUT2D eigenvalue weighted by Gasteiger charge is -2.06. The molecule has 3 aromatic rings. The molecule has 0 radical (unpaired) electrons. The molecule has 8 heteroatoms. The summed E-state index contributed by atoms with van der Waals surface area (Å²) >= 11 is 5.89. The predicted octanol–water partition coefficient (Wildman–Crippen LogP) is 5.27. The van der Waals surface area contributed by atoms with Gasteiger partial charge >= 0.3 is 0 Å². The molecule has 0 unspecified atom stereocenters. The Hall–Kier alpha value is -3.71. The zero-order valence-electron chi connectivity index (χ0n) is 15.3. The van der Waals surface area contributed by atoms with Crippen molar-refractivity contribution in [3.63, 3.8) is 0 Å². The zero-order chi connectivity index (χ0) is 21.0. The highest BCUT2D eigenvalue weighted by Crippen LogP contribution is 2.27. The number of carbonyl (C=O) groups is 1. The van der Waals surface area contributed by atoms with Gasteiger partial charge in [0.25, 0.3) is 11.6 Å². The van der Waals surface area contributed by atoms with Crippen LogP contribution in [0.25, 0.3) is 0 Å². The molecule has 0 aromatic heterocycles. The number of hydrogen-bond acceptors (Lipinski definition) is 5. The minimum Gasteiger partial charge on any atom is -0.507 e. The van der Waals surface area contributed by atoms with Gasteiger partial charge in [-0.2, -0.15) is 0 Å². The summed E-state index contributed by atoms with van der Waals surface area (Å²) in [7, 11) is 0. The second-order valence-electron chi connectivity index (χ2n) is 6.23. The van der Waals surface area contributed by atoms with E-state index in [4.69, 9.17) is 11.6 Å². The van der Waals surface area contributed by atoms with Crippen molar-refractivity contribution >= 4 is 40.8 Å². The minimum absolute atomic E-state index is 0.0650. The zero-order valence-corrected chi connectivity index (χ0v) is 16.1. The lowest BCUT2D eigenvalue weighted by Crippen LogP contribution is -2.11. The molecule has 146 valence electrons. The number of phenols is 1. The number of nitrogens with zero attached hydrogens (tertiary/aromatic N) is 2. The molecule has 0 fully saturated rings. The Labute approximate surface area is 171 Å². The number of nitro benzene ring substituents is 1. The van der Waals surface area contributed by atoms with Gasteiger partial charge in [0.2, 0.25) is 0 Å². The highest BCUT2D eigenvalue weighted by atomic mass is 35.5. The number of rotatable bonds is 5. The third-order valence-corrected chi connectivity index (χ3v) is 4.33. The summed E-state index contributed by atoms with van der Waals surface area (Å²) in [6, 6.07) is 15.9. The smallest absolute Gasteiger partial charge is 0.270 e.